The Kier molecular flexibility index (Phi) is 2.95. The van der Waals surface area contributed by atoms with Gasteiger partial charge in [-0.3, -0.25) is 4.79 Å². The molecule has 0 saturated heterocycles. The molecule has 2 aromatic heterocycles. The Morgan fingerprint density at radius 2 is 2.26 bits per heavy atom. The highest BCUT2D eigenvalue weighted by atomic mass is 16.2. The highest BCUT2D eigenvalue weighted by Crippen LogP contribution is 2.09. The summed E-state index contributed by atoms with van der Waals surface area (Å²) in [5.41, 5.74) is 6.12. The number of nitrogens with two attached hydrogens (primary N) is 1. The highest BCUT2D eigenvalue weighted by Gasteiger charge is 2.22. The summed E-state index contributed by atoms with van der Waals surface area (Å²) in [4.78, 5) is 13.9. The van der Waals surface area contributed by atoms with Crippen LogP contribution < -0.4 is 5.73 Å². The van der Waals surface area contributed by atoms with E-state index >= 15 is 0 Å². The second-order valence-corrected chi connectivity index (χ2v) is 4.37. The fourth-order valence-electron chi connectivity index (χ4n) is 2.03. The van der Waals surface area contributed by atoms with E-state index in [-0.39, 0.29) is 12.5 Å². The Morgan fingerprint density at radius 1 is 1.37 bits per heavy atom. The van der Waals surface area contributed by atoms with Gasteiger partial charge in [-0.25, -0.2) is 4.68 Å². The second kappa shape index (κ2) is 4.76. The molecule has 2 aromatic rings. The van der Waals surface area contributed by atoms with Crippen molar-refractivity contribution in [1.29, 1.82) is 0 Å². The molecule has 100 valence electrons. The topological polar surface area (TPSA) is 108 Å². The van der Waals surface area contributed by atoms with E-state index in [1.807, 2.05) is 4.57 Å². The molecule has 3 rings (SSSR count). The molecule has 0 aromatic carbocycles. The predicted molar refractivity (Wildman–Crippen MR) is 63.4 cm³/mol. The molecule has 0 unspecified atom stereocenters. The number of nitrogens with zero attached hydrogens (tertiary/aromatic N) is 7. The van der Waals surface area contributed by atoms with Gasteiger partial charge in [0.05, 0.1) is 18.4 Å². The first-order valence-electron chi connectivity index (χ1n) is 6.00. The number of hydrogen-bond donors (Lipinski definition) is 1. The van der Waals surface area contributed by atoms with Crippen LogP contribution in [0.1, 0.15) is 11.5 Å². The number of hydrogen-bond acceptors (Lipinski definition) is 6. The lowest BCUT2D eigenvalue weighted by atomic mass is 10.3. The zero-order valence-corrected chi connectivity index (χ0v) is 10.3. The molecule has 0 saturated carbocycles. The van der Waals surface area contributed by atoms with E-state index in [1.54, 1.807) is 17.4 Å². The van der Waals surface area contributed by atoms with Gasteiger partial charge in [-0.15, -0.1) is 15.3 Å². The third-order valence-electron chi connectivity index (χ3n) is 3.08. The van der Waals surface area contributed by atoms with Crippen molar-refractivity contribution >= 4 is 5.91 Å². The lowest BCUT2D eigenvalue weighted by molar-refractivity contribution is -0.133. The molecule has 0 aliphatic carbocycles. The van der Waals surface area contributed by atoms with Gasteiger partial charge < -0.3 is 15.2 Å². The number of carbonyl (C=O) groups excluding carboxylic acids is 1. The Balaban J connectivity index is 1.65. The zero-order chi connectivity index (χ0) is 13.2. The van der Waals surface area contributed by atoms with Crippen LogP contribution in [0.2, 0.25) is 0 Å². The number of fused-ring (bicyclic) bond motifs is 1. The van der Waals surface area contributed by atoms with Crippen LogP contribution in [0.15, 0.2) is 12.5 Å². The van der Waals surface area contributed by atoms with Crippen molar-refractivity contribution in [3.05, 3.63) is 24.0 Å². The average Bonchev–Trinajstić information content (AvgIpc) is 3.05. The second-order valence-electron chi connectivity index (χ2n) is 4.37. The number of aromatic nitrogens is 6. The summed E-state index contributed by atoms with van der Waals surface area (Å²) in [6.07, 6.45) is 3.37. The van der Waals surface area contributed by atoms with Gasteiger partial charge in [0.25, 0.3) is 0 Å². The molecule has 0 atom stereocenters. The minimum atomic E-state index is -0.0114. The summed E-state index contributed by atoms with van der Waals surface area (Å²) >= 11 is 0. The van der Waals surface area contributed by atoms with Crippen molar-refractivity contribution in [2.75, 3.05) is 6.54 Å². The minimum Gasteiger partial charge on any atom is -0.332 e. The van der Waals surface area contributed by atoms with E-state index in [0.717, 1.165) is 12.4 Å². The number of amides is 1. The van der Waals surface area contributed by atoms with Crippen LogP contribution in [0.5, 0.6) is 0 Å². The van der Waals surface area contributed by atoms with Crippen LogP contribution in [0, 0.1) is 0 Å². The lowest BCUT2D eigenvalue weighted by Gasteiger charge is -2.26. The predicted octanol–water partition coefficient (Wildman–Crippen LogP) is -1.63. The van der Waals surface area contributed by atoms with Gasteiger partial charge in [-0.2, -0.15) is 0 Å². The van der Waals surface area contributed by atoms with Crippen LogP contribution >= 0.6 is 0 Å². The molecule has 0 bridgehead atoms. The molecule has 9 heteroatoms. The average molecular weight is 262 g/mol. The first-order valence-corrected chi connectivity index (χ1v) is 6.00. The van der Waals surface area contributed by atoms with Crippen molar-refractivity contribution < 1.29 is 4.79 Å². The van der Waals surface area contributed by atoms with Gasteiger partial charge in [-0.1, -0.05) is 5.21 Å². The van der Waals surface area contributed by atoms with Crippen molar-refractivity contribution in [2.45, 2.75) is 26.2 Å². The SMILES string of the molecule is NCc1cn(CC(=O)N2CCn3cnnc3C2)nn1. The van der Waals surface area contributed by atoms with Gasteiger partial charge in [0.15, 0.2) is 5.82 Å². The van der Waals surface area contributed by atoms with Gasteiger partial charge in [0.2, 0.25) is 5.91 Å². The Labute approximate surface area is 109 Å². The molecule has 19 heavy (non-hydrogen) atoms. The first kappa shape index (κ1) is 11.8. The Hall–Kier alpha value is -2.29. The van der Waals surface area contributed by atoms with E-state index in [0.29, 0.717) is 25.3 Å². The van der Waals surface area contributed by atoms with E-state index in [2.05, 4.69) is 20.5 Å². The van der Waals surface area contributed by atoms with Gasteiger partial charge in [-0.05, 0) is 0 Å². The van der Waals surface area contributed by atoms with Crippen molar-refractivity contribution in [2.24, 2.45) is 5.73 Å². The van der Waals surface area contributed by atoms with Crippen LogP contribution in [0.4, 0.5) is 0 Å². The molecule has 0 fully saturated rings. The van der Waals surface area contributed by atoms with E-state index < -0.39 is 0 Å². The van der Waals surface area contributed by atoms with Crippen LogP contribution in [-0.2, 0) is 31.0 Å². The maximum Gasteiger partial charge on any atom is 0.244 e. The first-order chi connectivity index (χ1) is 9.26. The maximum atomic E-state index is 12.1. The summed E-state index contributed by atoms with van der Waals surface area (Å²) < 4.78 is 3.45. The number of carbonyl (C=O) groups is 1. The quantitative estimate of drug-likeness (QED) is 0.711. The van der Waals surface area contributed by atoms with E-state index in [4.69, 9.17) is 5.73 Å². The molecule has 1 aliphatic heterocycles. The molecule has 1 aliphatic rings. The minimum absolute atomic E-state index is 0.0114. The molecule has 9 nitrogen and oxygen atoms in total. The summed E-state index contributed by atoms with van der Waals surface area (Å²) in [6.45, 7) is 2.35. The monoisotopic (exact) mass is 262 g/mol. The zero-order valence-electron chi connectivity index (χ0n) is 10.3. The molecule has 0 spiro atoms. The standard InChI is InChI=1S/C10H14N8O/c11-3-8-4-18(15-13-8)6-10(19)16-1-2-17-7-12-14-9(17)5-16/h4,7H,1-3,5-6,11H2. The smallest absolute Gasteiger partial charge is 0.244 e. The fraction of sp³-hybridized carbons (Fsp3) is 0.500. The van der Waals surface area contributed by atoms with Gasteiger partial charge in [0, 0.05) is 19.6 Å². The molecule has 1 amide bonds. The molecule has 0 radical (unpaired) electrons. The number of rotatable bonds is 3. The summed E-state index contributed by atoms with van der Waals surface area (Å²) in [5.74, 6) is 0.795. The van der Waals surface area contributed by atoms with Crippen LogP contribution in [-0.4, -0.2) is 47.1 Å². The van der Waals surface area contributed by atoms with Crippen molar-refractivity contribution in [1.82, 2.24) is 34.7 Å². The summed E-state index contributed by atoms with van der Waals surface area (Å²) in [7, 11) is 0. The van der Waals surface area contributed by atoms with Crippen LogP contribution in [0.25, 0.3) is 0 Å². The summed E-state index contributed by atoms with van der Waals surface area (Å²) in [6, 6.07) is 0. The fourth-order valence-corrected chi connectivity index (χ4v) is 2.03. The molecule has 2 N–H and O–H groups in total. The van der Waals surface area contributed by atoms with E-state index in [9.17, 15) is 4.79 Å². The lowest BCUT2D eigenvalue weighted by Crippen LogP contribution is -2.40. The van der Waals surface area contributed by atoms with Gasteiger partial charge >= 0.3 is 0 Å². The summed E-state index contributed by atoms with van der Waals surface area (Å²) in [5, 5.41) is 15.5. The maximum absolute atomic E-state index is 12.1. The highest BCUT2D eigenvalue weighted by molar-refractivity contribution is 5.75. The van der Waals surface area contributed by atoms with Crippen LogP contribution in [0.3, 0.4) is 0 Å². The molecule has 3 heterocycles. The Bertz CT molecular complexity index is 588. The van der Waals surface area contributed by atoms with Crippen molar-refractivity contribution in [3.8, 4) is 0 Å². The Morgan fingerprint density at radius 3 is 3.05 bits per heavy atom. The molecular formula is C10H14N8O. The largest absolute Gasteiger partial charge is 0.332 e. The van der Waals surface area contributed by atoms with Crippen molar-refractivity contribution in [3.63, 3.8) is 0 Å². The normalized spacial score (nSPS) is 14.5. The molecular weight excluding hydrogens is 248 g/mol. The third kappa shape index (κ3) is 2.32. The third-order valence-corrected chi connectivity index (χ3v) is 3.08. The van der Waals surface area contributed by atoms with Gasteiger partial charge in [0.1, 0.15) is 12.9 Å². The van der Waals surface area contributed by atoms with E-state index in [1.165, 1.54) is 4.68 Å².